The molecule has 6 nitrogen and oxygen atoms in total. The third-order valence-electron chi connectivity index (χ3n) is 5.80. The monoisotopic (exact) mass is 355 g/mol. The summed E-state index contributed by atoms with van der Waals surface area (Å²) in [6.07, 6.45) is 4.07. The molecule has 1 amide bonds. The maximum absolute atomic E-state index is 12.6. The van der Waals surface area contributed by atoms with Crippen LogP contribution in [-0.2, 0) is 4.74 Å². The Morgan fingerprint density at radius 2 is 2.00 bits per heavy atom. The van der Waals surface area contributed by atoms with Crippen LogP contribution in [0.2, 0.25) is 0 Å². The highest BCUT2D eigenvalue weighted by Gasteiger charge is 2.45. The van der Waals surface area contributed by atoms with E-state index in [1.165, 1.54) is 12.1 Å². The molecule has 3 heterocycles. The van der Waals surface area contributed by atoms with Crippen molar-refractivity contribution in [3.63, 3.8) is 0 Å². The summed E-state index contributed by atoms with van der Waals surface area (Å²) in [7, 11) is 2.13. The maximum Gasteiger partial charge on any atom is 0.291 e. The first kappa shape index (κ1) is 17.1. The van der Waals surface area contributed by atoms with Gasteiger partial charge in [0.15, 0.2) is 6.39 Å². The molecular weight excluding hydrogens is 330 g/mol. The minimum Gasteiger partial charge on any atom is -0.438 e. The van der Waals surface area contributed by atoms with Gasteiger partial charge in [-0.2, -0.15) is 0 Å². The molecule has 2 aliphatic rings. The SMILES string of the molecule is Cc1ncoc1C(=O)N1CCC2(CC1)CC(N(C)c1ccccc1)CO2. The number of carbonyl (C=O) groups excluding carboxylic acids is 1. The molecule has 138 valence electrons. The van der Waals surface area contributed by atoms with Crippen LogP contribution >= 0.6 is 0 Å². The fourth-order valence-electron chi connectivity index (χ4n) is 4.06. The number of hydrogen-bond donors (Lipinski definition) is 0. The number of hydrogen-bond acceptors (Lipinski definition) is 5. The topological polar surface area (TPSA) is 58.8 Å². The Morgan fingerprint density at radius 3 is 2.65 bits per heavy atom. The normalized spacial score (nSPS) is 21.9. The van der Waals surface area contributed by atoms with E-state index in [1.807, 2.05) is 11.0 Å². The highest BCUT2D eigenvalue weighted by atomic mass is 16.5. The van der Waals surface area contributed by atoms with Gasteiger partial charge in [0.2, 0.25) is 5.76 Å². The Hall–Kier alpha value is -2.34. The Morgan fingerprint density at radius 1 is 1.27 bits per heavy atom. The van der Waals surface area contributed by atoms with Gasteiger partial charge in [0, 0.05) is 25.8 Å². The lowest BCUT2D eigenvalue weighted by Crippen LogP contribution is -2.47. The molecule has 0 radical (unpaired) electrons. The number of ether oxygens (including phenoxy) is 1. The van der Waals surface area contributed by atoms with Gasteiger partial charge in [0.1, 0.15) is 0 Å². The highest BCUT2D eigenvalue weighted by molar-refractivity contribution is 5.92. The van der Waals surface area contributed by atoms with Crippen molar-refractivity contribution >= 4 is 11.6 Å². The van der Waals surface area contributed by atoms with Gasteiger partial charge in [-0.25, -0.2) is 4.98 Å². The number of likely N-dealkylation sites (N-methyl/N-ethyl adjacent to an activating group) is 1. The Kier molecular flexibility index (Phi) is 4.44. The number of benzene rings is 1. The Labute approximate surface area is 153 Å². The number of piperidine rings is 1. The van der Waals surface area contributed by atoms with Gasteiger partial charge in [0.05, 0.1) is 23.9 Å². The second-order valence-electron chi connectivity index (χ2n) is 7.36. The zero-order valence-corrected chi connectivity index (χ0v) is 15.4. The van der Waals surface area contributed by atoms with Crippen LogP contribution in [-0.4, -0.2) is 54.2 Å². The fraction of sp³-hybridized carbons (Fsp3) is 0.500. The highest BCUT2D eigenvalue weighted by Crippen LogP contribution is 2.38. The second kappa shape index (κ2) is 6.76. The fourth-order valence-corrected chi connectivity index (χ4v) is 4.06. The van der Waals surface area contributed by atoms with E-state index in [-0.39, 0.29) is 11.5 Å². The first-order valence-electron chi connectivity index (χ1n) is 9.19. The van der Waals surface area contributed by atoms with Gasteiger partial charge in [-0.05, 0) is 38.3 Å². The van der Waals surface area contributed by atoms with Crippen LogP contribution in [0.5, 0.6) is 0 Å². The van der Waals surface area contributed by atoms with Crippen molar-refractivity contribution in [2.24, 2.45) is 0 Å². The molecule has 1 atom stereocenters. The average Bonchev–Trinajstić information content (AvgIpc) is 3.29. The van der Waals surface area contributed by atoms with E-state index < -0.39 is 0 Å². The number of carbonyl (C=O) groups is 1. The molecule has 2 aliphatic heterocycles. The second-order valence-corrected chi connectivity index (χ2v) is 7.36. The average molecular weight is 355 g/mol. The van der Waals surface area contributed by atoms with Gasteiger partial charge < -0.3 is 19.0 Å². The number of para-hydroxylation sites is 1. The van der Waals surface area contributed by atoms with Crippen molar-refractivity contribution in [1.82, 2.24) is 9.88 Å². The lowest BCUT2D eigenvalue weighted by atomic mass is 9.87. The Balaban J connectivity index is 1.37. The molecule has 0 aliphatic carbocycles. The number of nitrogens with zero attached hydrogens (tertiary/aromatic N) is 3. The lowest BCUT2D eigenvalue weighted by Gasteiger charge is -2.38. The third kappa shape index (κ3) is 3.09. The predicted molar refractivity (Wildman–Crippen MR) is 98.3 cm³/mol. The summed E-state index contributed by atoms with van der Waals surface area (Å²) in [5, 5.41) is 0. The molecule has 26 heavy (non-hydrogen) atoms. The van der Waals surface area contributed by atoms with Crippen LogP contribution in [0.25, 0.3) is 0 Å². The molecule has 1 unspecified atom stereocenters. The number of rotatable bonds is 3. The van der Waals surface area contributed by atoms with E-state index in [4.69, 9.17) is 9.15 Å². The molecule has 6 heteroatoms. The summed E-state index contributed by atoms with van der Waals surface area (Å²) >= 11 is 0. The predicted octanol–water partition coefficient (Wildman–Crippen LogP) is 2.88. The molecule has 2 aromatic rings. The summed E-state index contributed by atoms with van der Waals surface area (Å²) in [6.45, 7) is 3.92. The zero-order chi connectivity index (χ0) is 18.1. The van der Waals surface area contributed by atoms with Crippen LogP contribution < -0.4 is 4.90 Å². The molecule has 4 rings (SSSR count). The zero-order valence-electron chi connectivity index (χ0n) is 15.4. The van der Waals surface area contributed by atoms with E-state index in [0.717, 1.165) is 25.9 Å². The van der Waals surface area contributed by atoms with Crippen molar-refractivity contribution in [1.29, 1.82) is 0 Å². The van der Waals surface area contributed by atoms with Gasteiger partial charge in [0.25, 0.3) is 5.91 Å². The smallest absolute Gasteiger partial charge is 0.291 e. The van der Waals surface area contributed by atoms with Crippen molar-refractivity contribution in [3.05, 3.63) is 48.2 Å². The van der Waals surface area contributed by atoms with Crippen molar-refractivity contribution in [3.8, 4) is 0 Å². The number of likely N-dealkylation sites (tertiary alicyclic amines) is 1. The lowest BCUT2D eigenvalue weighted by molar-refractivity contribution is -0.0392. The van der Waals surface area contributed by atoms with Gasteiger partial charge in [-0.3, -0.25) is 4.79 Å². The van der Waals surface area contributed by atoms with Crippen LogP contribution in [0.3, 0.4) is 0 Å². The molecule has 0 N–H and O–H groups in total. The van der Waals surface area contributed by atoms with E-state index in [2.05, 4.69) is 41.2 Å². The number of aryl methyl sites for hydroxylation is 1. The quantitative estimate of drug-likeness (QED) is 0.847. The van der Waals surface area contributed by atoms with Crippen LogP contribution in [0.15, 0.2) is 41.1 Å². The van der Waals surface area contributed by atoms with Crippen LogP contribution in [0, 0.1) is 6.92 Å². The number of aromatic nitrogens is 1. The molecule has 1 aromatic heterocycles. The largest absolute Gasteiger partial charge is 0.438 e. The summed E-state index contributed by atoms with van der Waals surface area (Å²) in [6, 6.07) is 10.8. The molecule has 2 saturated heterocycles. The summed E-state index contributed by atoms with van der Waals surface area (Å²) in [5.74, 6) is 0.292. The number of oxazole rings is 1. The first-order valence-corrected chi connectivity index (χ1v) is 9.19. The van der Waals surface area contributed by atoms with Gasteiger partial charge >= 0.3 is 0 Å². The van der Waals surface area contributed by atoms with Crippen molar-refractivity contribution in [2.45, 2.75) is 37.8 Å². The molecule has 1 spiro atoms. The third-order valence-corrected chi connectivity index (χ3v) is 5.80. The molecule has 0 bridgehead atoms. The first-order chi connectivity index (χ1) is 12.6. The molecule has 0 saturated carbocycles. The minimum absolute atomic E-state index is 0.0641. The number of anilines is 1. The standard InChI is InChI=1S/C20H25N3O3/c1-15-18(25-14-21-15)19(24)23-10-8-20(9-11-23)12-17(13-26-20)22(2)16-6-4-3-5-7-16/h3-7,14,17H,8-13H2,1-2H3. The van der Waals surface area contributed by atoms with E-state index >= 15 is 0 Å². The van der Waals surface area contributed by atoms with Crippen LogP contribution in [0.4, 0.5) is 5.69 Å². The number of amides is 1. The minimum atomic E-state index is -0.110. The summed E-state index contributed by atoms with van der Waals surface area (Å²) < 4.78 is 11.5. The molecular formula is C20H25N3O3. The van der Waals surface area contributed by atoms with E-state index in [1.54, 1.807) is 6.92 Å². The van der Waals surface area contributed by atoms with E-state index in [0.29, 0.717) is 30.6 Å². The summed E-state index contributed by atoms with van der Waals surface area (Å²) in [4.78, 5) is 20.8. The van der Waals surface area contributed by atoms with Crippen molar-refractivity contribution in [2.75, 3.05) is 31.6 Å². The van der Waals surface area contributed by atoms with E-state index in [9.17, 15) is 4.79 Å². The molecule has 1 aromatic carbocycles. The van der Waals surface area contributed by atoms with Crippen molar-refractivity contribution < 1.29 is 13.9 Å². The van der Waals surface area contributed by atoms with Crippen LogP contribution in [0.1, 0.15) is 35.5 Å². The van der Waals surface area contributed by atoms with Gasteiger partial charge in [-0.15, -0.1) is 0 Å². The maximum atomic E-state index is 12.6. The Bertz CT molecular complexity index is 766. The summed E-state index contributed by atoms with van der Waals surface area (Å²) in [5.41, 5.74) is 1.75. The molecule has 2 fully saturated rings. The van der Waals surface area contributed by atoms with Gasteiger partial charge in [-0.1, -0.05) is 18.2 Å².